The first-order valence-electron chi connectivity index (χ1n) is 6.60. The summed E-state index contributed by atoms with van der Waals surface area (Å²) in [6.45, 7) is 3.33. The third-order valence-electron chi connectivity index (χ3n) is 3.76. The van der Waals surface area contributed by atoms with Crippen LogP contribution in [0.4, 0.5) is 5.82 Å². The van der Waals surface area contributed by atoms with Gasteiger partial charge in [-0.3, -0.25) is 0 Å². The maximum atomic E-state index is 5.59. The Hall–Kier alpha value is -1.16. The Morgan fingerprint density at radius 2 is 2.11 bits per heavy atom. The van der Waals surface area contributed by atoms with Crippen LogP contribution in [-0.4, -0.2) is 16.5 Å². The minimum absolute atomic E-state index is 0.350. The molecule has 0 atom stereocenters. The fourth-order valence-corrected chi connectivity index (χ4v) is 2.67. The molecule has 0 aliphatic heterocycles. The van der Waals surface area contributed by atoms with E-state index in [-0.39, 0.29) is 0 Å². The maximum Gasteiger partial charge on any atom is 0.126 e. The Labute approximate surface area is 114 Å². The predicted octanol–water partition coefficient (Wildman–Crippen LogP) is 3.10. The number of thiocarbonyl (C=S) groups is 1. The lowest BCUT2D eigenvalue weighted by Crippen LogP contribution is -2.29. The summed E-state index contributed by atoms with van der Waals surface area (Å²) in [6.07, 6.45) is 6.67. The highest BCUT2D eigenvalue weighted by molar-refractivity contribution is 7.80. The van der Waals surface area contributed by atoms with Gasteiger partial charge in [-0.25, -0.2) is 4.98 Å². The molecule has 3 nitrogen and oxygen atoms in total. The summed E-state index contributed by atoms with van der Waals surface area (Å²) in [7, 11) is 0. The van der Waals surface area contributed by atoms with Gasteiger partial charge in [0, 0.05) is 6.54 Å². The summed E-state index contributed by atoms with van der Waals surface area (Å²) in [6, 6.07) is 5.75. The second kappa shape index (κ2) is 5.65. The van der Waals surface area contributed by atoms with Crippen LogP contribution in [0, 0.1) is 5.41 Å². The van der Waals surface area contributed by atoms with Gasteiger partial charge in [-0.05, 0) is 30.4 Å². The molecule has 2 rings (SSSR count). The van der Waals surface area contributed by atoms with Crippen molar-refractivity contribution in [3.63, 3.8) is 0 Å². The van der Waals surface area contributed by atoms with Gasteiger partial charge in [0.05, 0.1) is 5.69 Å². The summed E-state index contributed by atoms with van der Waals surface area (Å²) in [5.41, 5.74) is 6.67. The van der Waals surface area contributed by atoms with Crippen molar-refractivity contribution in [1.82, 2.24) is 4.98 Å². The highest BCUT2D eigenvalue weighted by atomic mass is 32.1. The number of hydrogen-bond donors (Lipinski definition) is 2. The smallest absolute Gasteiger partial charge is 0.126 e. The molecule has 0 radical (unpaired) electrons. The average molecular weight is 263 g/mol. The second-order valence-electron chi connectivity index (χ2n) is 5.50. The highest BCUT2D eigenvalue weighted by Crippen LogP contribution is 2.35. The molecule has 1 saturated carbocycles. The topological polar surface area (TPSA) is 50.9 Å². The van der Waals surface area contributed by atoms with E-state index < -0.39 is 0 Å². The number of nitrogens with two attached hydrogens (primary N) is 1. The molecule has 0 unspecified atom stereocenters. The minimum Gasteiger partial charge on any atom is -0.388 e. The SMILES string of the molecule is CC1(CNc2cccc(C(N)=S)n2)CCCCC1. The number of rotatable bonds is 4. The van der Waals surface area contributed by atoms with E-state index in [4.69, 9.17) is 18.0 Å². The minimum atomic E-state index is 0.350. The molecule has 98 valence electrons. The van der Waals surface area contributed by atoms with Gasteiger partial charge < -0.3 is 11.1 Å². The maximum absolute atomic E-state index is 5.59. The van der Waals surface area contributed by atoms with Gasteiger partial charge in [-0.2, -0.15) is 0 Å². The number of pyridine rings is 1. The van der Waals surface area contributed by atoms with Crippen molar-refractivity contribution in [2.75, 3.05) is 11.9 Å². The molecule has 0 saturated heterocycles. The third kappa shape index (κ3) is 3.42. The Bertz CT molecular complexity index is 425. The highest BCUT2D eigenvalue weighted by Gasteiger charge is 2.26. The van der Waals surface area contributed by atoms with Crippen molar-refractivity contribution in [2.45, 2.75) is 39.0 Å². The molecule has 1 fully saturated rings. The van der Waals surface area contributed by atoms with Crippen LogP contribution < -0.4 is 11.1 Å². The van der Waals surface area contributed by atoms with Crippen molar-refractivity contribution in [2.24, 2.45) is 11.1 Å². The van der Waals surface area contributed by atoms with Crippen molar-refractivity contribution in [3.8, 4) is 0 Å². The fourth-order valence-electron chi connectivity index (χ4n) is 2.56. The molecule has 0 bridgehead atoms. The lowest BCUT2D eigenvalue weighted by molar-refractivity contribution is 0.233. The van der Waals surface area contributed by atoms with Gasteiger partial charge >= 0.3 is 0 Å². The van der Waals surface area contributed by atoms with E-state index >= 15 is 0 Å². The number of hydrogen-bond acceptors (Lipinski definition) is 3. The second-order valence-corrected chi connectivity index (χ2v) is 5.94. The van der Waals surface area contributed by atoms with Crippen LogP contribution in [0.15, 0.2) is 18.2 Å². The van der Waals surface area contributed by atoms with E-state index in [0.29, 0.717) is 16.1 Å². The Kier molecular flexibility index (Phi) is 4.17. The molecular formula is C14H21N3S. The summed E-state index contributed by atoms with van der Waals surface area (Å²) in [5, 5.41) is 3.42. The molecule has 1 aromatic heterocycles. The largest absolute Gasteiger partial charge is 0.388 e. The standard InChI is InChI=1S/C14H21N3S/c1-14(8-3-2-4-9-14)10-16-12-7-5-6-11(17-12)13(15)18/h5-7H,2-4,8-10H2,1H3,(H2,15,18)(H,16,17). The van der Waals surface area contributed by atoms with Gasteiger partial charge in [0.1, 0.15) is 10.8 Å². The zero-order chi connectivity index (χ0) is 13.0. The number of anilines is 1. The zero-order valence-electron chi connectivity index (χ0n) is 10.9. The van der Waals surface area contributed by atoms with E-state index in [0.717, 1.165) is 12.4 Å². The number of nitrogens with one attached hydrogen (secondary N) is 1. The molecule has 18 heavy (non-hydrogen) atoms. The number of nitrogens with zero attached hydrogens (tertiary/aromatic N) is 1. The zero-order valence-corrected chi connectivity index (χ0v) is 11.7. The van der Waals surface area contributed by atoms with Crippen molar-refractivity contribution < 1.29 is 0 Å². The number of aromatic nitrogens is 1. The molecule has 0 amide bonds. The van der Waals surface area contributed by atoms with E-state index in [1.54, 1.807) is 0 Å². The van der Waals surface area contributed by atoms with Crippen LogP contribution in [-0.2, 0) is 0 Å². The first-order chi connectivity index (χ1) is 8.59. The van der Waals surface area contributed by atoms with E-state index in [1.165, 1.54) is 32.1 Å². The van der Waals surface area contributed by atoms with Crippen LogP contribution in [0.5, 0.6) is 0 Å². The Morgan fingerprint density at radius 3 is 2.78 bits per heavy atom. The average Bonchev–Trinajstić information content (AvgIpc) is 2.38. The van der Waals surface area contributed by atoms with Gasteiger partial charge in [-0.1, -0.05) is 44.5 Å². The van der Waals surface area contributed by atoms with Crippen LogP contribution in [0.1, 0.15) is 44.7 Å². The third-order valence-corrected chi connectivity index (χ3v) is 3.97. The first-order valence-corrected chi connectivity index (χ1v) is 7.01. The van der Waals surface area contributed by atoms with Crippen molar-refractivity contribution in [3.05, 3.63) is 23.9 Å². The lowest BCUT2D eigenvalue weighted by Gasteiger charge is -2.33. The van der Waals surface area contributed by atoms with E-state index in [1.807, 2.05) is 18.2 Å². The van der Waals surface area contributed by atoms with Crippen LogP contribution in [0.3, 0.4) is 0 Å². The predicted molar refractivity (Wildman–Crippen MR) is 79.8 cm³/mol. The quantitative estimate of drug-likeness (QED) is 0.820. The summed E-state index contributed by atoms with van der Waals surface area (Å²) in [4.78, 5) is 4.76. The molecule has 3 N–H and O–H groups in total. The normalized spacial score (nSPS) is 18.3. The van der Waals surface area contributed by atoms with Gasteiger partial charge in [0.2, 0.25) is 0 Å². The summed E-state index contributed by atoms with van der Waals surface area (Å²) >= 11 is 4.94. The van der Waals surface area contributed by atoms with Gasteiger partial charge in [-0.15, -0.1) is 0 Å². The Balaban J connectivity index is 1.97. The van der Waals surface area contributed by atoms with Gasteiger partial charge in [0.25, 0.3) is 0 Å². The molecule has 1 heterocycles. The van der Waals surface area contributed by atoms with E-state index in [9.17, 15) is 0 Å². The van der Waals surface area contributed by atoms with Crippen molar-refractivity contribution >= 4 is 23.0 Å². The summed E-state index contributed by atoms with van der Waals surface area (Å²) in [5.74, 6) is 0.868. The Morgan fingerprint density at radius 1 is 1.39 bits per heavy atom. The van der Waals surface area contributed by atoms with Crippen LogP contribution >= 0.6 is 12.2 Å². The molecule has 0 aromatic carbocycles. The summed E-state index contributed by atoms with van der Waals surface area (Å²) < 4.78 is 0. The molecule has 1 aromatic rings. The first kappa shape index (κ1) is 13.3. The lowest BCUT2D eigenvalue weighted by atomic mass is 9.76. The van der Waals surface area contributed by atoms with E-state index in [2.05, 4.69) is 17.2 Å². The molecular weight excluding hydrogens is 242 g/mol. The van der Waals surface area contributed by atoms with Gasteiger partial charge in [0.15, 0.2) is 0 Å². The van der Waals surface area contributed by atoms with Crippen LogP contribution in [0.2, 0.25) is 0 Å². The van der Waals surface area contributed by atoms with Crippen LogP contribution in [0.25, 0.3) is 0 Å². The molecule has 1 aliphatic rings. The molecule has 1 aliphatic carbocycles. The monoisotopic (exact) mass is 263 g/mol. The van der Waals surface area contributed by atoms with Crippen molar-refractivity contribution in [1.29, 1.82) is 0 Å². The fraction of sp³-hybridized carbons (Fsp3) is 0.571. The molecule has 0 spiro atoms. The molecule has 4 heteroatoms.